The quantitative estimate of drug-likeness (QED) is 0.831. The first kappa shape index (κ1) is 13.3. The van der Waals surface area contributed by atoms with E-state index in [1.807, 2.05) is 13.0 Å². The Morgan fingerprint density at radius 3 is 2.75 bits per heavy atom. The maximum atomic E-state index is 14.3. The number of rotatable bonds is 2. The number of carbonyl (C=O) groups is 1. The molecule has 1 unspecified atom stereocenters. The fourth-order valence-electron chi connectivity index (χ4n) is 3.95. The number of allylic oxidation sites excluding steroid dienone is 2. The lowest BCUT2D eigenvalue weighted by molar-refractivity contribution is -0.116. The number of benzene rings is 1. The first-order valence-electron chi connectivity index (χ1n) is 7.38. The lowest BCUT2D eigenvalue weighted by atomic mass is 9.68. The molecule has 1 aromatic carbocycles. The summed E-state index contributed by atoms with van der Waals surface area (Å²) < 4.78 is 14.3. The van der Waals surface area contributed by atoms with E-state index >= 15 is 0 Å². The summed E-state index contributed by atoms with van der Waals surface area (Å²) in [6.07, 6.45) is 3.76. The van der Waals surface area contributed by atoms with Crippen molar-refractivity contribution < 1.29 is 9.18 Å². The summed E-state index contributed by atoms with van der Waals surface area (Å²) in [6, 6.07) is 3.52. The van der Waals surface area contributed by atoms with Gasteiger partial charge >= 0.3 is 0 Å². The van der Waals surface area contributed by atoms with Crippen molar-refractivity contribution in [1.82, 2.24) is 0 Å². The fourth-order valence-corrected chi connectivity index (χ4v) is 3.95. The van der Waals surface area contributed by atoms with Gasteiger partial charge in [-0.05, 0) is 54.0 Å². The van der Waals surface area contributed by atoms with Gasteiger partial charge in [0.15, 0.2) is 5.78 Å². The molecule has 0 amide bonds. The Bertz CT molecular complexity index is 632. The van der Waals surface area contributed by atoms with Crippen molar-refractivity contribution in [2.24, 2.45) is 5.41 Å². The molecule has 2 nitrogen and oxygen atoms in total. The molecule has 2 aliphatic carbocycles. The molecular weight excluding hydrogens is 253 g/mol. The minimum absolute atomic E-state index is 0.0593. The zero-order valence-corrected chi connectivity index (χ0v) is 12.1. The Kier molecular flexibility index (Phi) is 2.96. The molecule has 0 saturated carbocycles. The van der Waals surface area contributed by atoms with E-state index in [4.69, 9.17) is 5.73 Å². The number of nitrogen functional groups attached to an aromatic ring is 1. The average Bonchev–Trinajstić information content (AvgIpc) is 2.79. The number of carbonyl (C=O) groups excluding carboxylic acids is 1. The summed E-state index contributed by atoms with van der Waals surface area (Å²) in [7, 11) is 0. The molecule has 2 aliphatic rings. The maximum absolute atomic E-state index is 14.3. The van der Waals surface area contributed by atoms with Gasteiger partial charge in [-0.15, -0.1) is 0 Å². The zero-order chi connectivity index (χ0) is 14.5. The van der Waals surface area contributed by atoms with Crippen LogP contribution in [0.3, 0.4) is 0 Å². The monoisotopic (exact) mass is 273 g/mol. The second-order valence-corrected chi connectivity index (χ2v) is 5.94. The van der Waals surface area contributed by atoms with Crippen LogP contribution in [0.5, 0.6) is 0 Å². The summed E-state index contributed by atoms with van der Waals surface area (Å²) in [5.41, 5.74) is 9.49. The largest absolute Gasteiger partial charge is 0.396 e. The smallest absolute Gasteiger partial charge is 0.159 e. The van der Waals surface area contributed by atoms with E-state index in [1.54, 1.807) is 6.07 Å². The Labute approximate surface area is 118 Å². The fraction of sp³-hybridized carbons (Fsp3) is 0.471. The van der Waals surface area contributed by atoms with Gasteiger partial charge in [-0.1, -0.05) is 19.9 Å². The van der Waals surface area contributed by atoms with E-state index in [0.717, 1.165) is 36.0 Å². The second kappa shape index (κ2) is 4.44. The van der Waals surface area contributed by atoms with Gasteiger partial charge in [0.25, 0.3) is 0 Å². The summed E-state index contributed by atoms with van der Waals surface area (Å²) in [4.78, 5) is 12.2. The van der Waals surface area contributed by atoms with Crippen LogP contribution in [0, 0.1) is 11.2 Å². The highest BCUT2D eigenvalue weighted by atomic mass is 19.1. The van der Waals surface area contributed by atoms with Crippen LogP contribution in [-0.2, 0) is 11.2 Å². The van der Waals surface area contributed by atoms with Crippen LogP contribution >= 0.6 is 0 Å². The van der Waals surface area contributed by atoms with Crippen molar-refractivity contribution in [1.29, 1.82) is 0 Å². The molecule has 0 spiro atoms. The van der Waals surface area contributed by atoms with E-state index in [2.05, 4.69) is 6.92 Å². The van der Waals surface area contributed by atoms with Crippen LogP contribution in [0.15, 0.2) is 17.7 Å². The van der Waals surface area contributed by atoms with E-state index in [1.165, 1.54) is 0 Å². The van der Waals surface area contributed by atoms with E-state index < -0.39 is 0 Å². The Hall–Kier alpha value is -1.64. The number of Topliss-reactive ketones (excluding diaryl/α,β-unsaturated/α-hetero) is 1. The summed E-state index contributed by atoms with van der Waals surface area (Å²) in [5, 5.41) is 0. The molecule has 20 heavy (non-hydrogen) atoms. The van der Waals surface area contributed by atoms with Crippen LogP contribution in [0.1, 0.15) is 50.7 Å². The number of hydrogen-bond donors (Lipinski definition) is 1. The van der Waals surface area contributed by atoms with E-state index in [-0.39, 0.29) is 22.7 Å². The van der Waals surface area contributed by atoms with Gasteiger partial charge in [0, 0.05) is 11.8 Å². The van der Waals surface area contributed by atoms with Gasteiger partial charge in [-0.25, -0.2) is 4.39 Å². The predicted molar refractivity (Wildman–Crippen MR) is 78.7 cm³/mol. The molecule has 1 atom stereocenters. The third-order valence-electron chi connectivity index (χ3n) is 5.09. The van der Waals surface area contributed by atoms with Crippen LogP contribution in [-0.4, -0.2) is 5.78 Å². The molecule has 0 aliphatic heterocycles. The highest BCUT2D eigenvalue weighted by Crippen LogP contribution is 2.56. The summed E-state index contributed by atoms with van der Waals surface area (Å²) in [6.45, 7) is 4.15. The molecule has 0 bridgehead atoms. The molecule has 106 valence electrons. The topological polar surface area (TPSA) is 43.1 Å². The van der Waals surface area contributed by atoms with Gasteiger partial charge in [0.1, 0.15) is 5.82 Å². The first-order valence-corrected chi connectivity index (χ1v) is 7.38. The summed E-state index contributed by atoms with van der Waals surface area (Å²) >= 11 is 0. The Morgan fingerprint density at radius 1 is 1.35 bits per heavy atom. The van der Waals surface area contributed by atoms with Crippen LogP contribution in [0.25, 0.3) is 5.57 Å². The normalized spacial score (nSPS) is 24.9. The Morgan fingerprint density at radius 2 is 2.10 bits per heavy atom. The predicted octanol–water partition coefficient (Wildman–Crippen LogP) is 3.89. The third-order valence-corrected chi connectivity index (χ3v) is 5.09. The summed E-state index contributed by atoms with van der Waals surface area (Å²) in [5.74, 6) is -0.0585. The minimum atomic E-state index is -0.292. The molecule has 0 radical (unpaired) electrons. The van der Waals surface area contributed by atoms with Crippen LogP contribution in [0.2, 0.25) is 0 Å². The SMILES string of the molecule is CCC1=C2c3ccc(N)c(F)c3CC2(CC)CCC1=O. The molecule has 1 aromatic rings. The third kappa shape index (κ3) is 1.58. The molecule has 0 fully saturated rings. The molecule has 0 saturated heterocycles. The first-order chi connectivity index (χ1) is 9.54. The van der Waals surface area contributed by atoms with Crippen molar-refractivity contribution in [3.05, 3.63) is 34.6 Å². The van der Waals surface area contributed by atoms with E-state index in [0.29, 0.717) is 18.4 Å². The number of nitrogens with two attached hydrogens (primary N) is 1. The average molecular weight is 273 g/mol. The van der Waals surface area contributed by atoms with Crippen LogP contribution < -0.4 is 5.73 Å². The minimum Gasteiger partial charge on any atom is -0.396 e. The number of hydrogen-bond acceptors (Lipinski definition) is 2. The van der Waals surface area contributed by atoms with Crippen molar-refractivity contribution in [3.63, 3.8) is 0 Å². The standard InChI is InChI=1S/C17H20FNO/c1-3-10-14(20)7-8-17(4-2)9-12-11(15(10)17)5-6-13(19)16(12)18/h5-6H,3-4,7-9,19H2,1-2H3. The Balaban J connectivity index is 2.32. The van der Waals surface area contributed by atoms with Crippen LogP contribution in [0.4, 0.5) is 10.1 Å². The number of halogens is 1. The highest BCUT2D eigenvalue weighted by molar-refractivity contribution is 6.06. The number of fused-ring (bicyclic) bond motifs is 3. The van der Waals surface area contributed by atoms with Crippen molar-refractivity contribution in [2.75, 3.05) is 5.73 Å². The second-order valence-electron chi connectivity index (χ2n) is 5.94. The maximum Gasteiger partial charge on any atom is 0.159 e. The lowest BCUT2D eigenvalue weighted by Gasteiger charge is -2.35. The van der Waals surface area contributed by atoms with Gasteiger partial charge < -0.3 is 5.73 Å². The zero-order valence-electron chi connectivity index (χ0n) is 12.1. The van der Waals surface area contributed by atoms with Crippen molar-refractivity contribution >= 4 is 17.0 Å². The van der Waals surface area contributed by atoms with E-state index in [9.17, 15) is 9.18 Å². The van der Waals surface area contributed by atoms with Gasteiger partial charge in [0.2, 0.25) is 0 Å². The number of anilines is 1. The molecule has 2 N–H and O–H groups in total. The molecular formula is C17H20FNO. The molecule has 0 aromatic heterocycles. The van der Waals surface area contributed by atoms with Crippen molar-refractivity contribution in [2.45, 2.75) is 46.0 Å². The molecule has 3 rings (SSSR count). The van der Waals surface area contributed by atoms with Gasteiger partial charge in [-0.2, -0.15) is 0 Å². The highest BCUT2D eigenvalue weighted by Gasteiger charge is 2.46. The molecule has 3 heteroatoms. The van der Waals surface area contributed by atoms with Gasteiger partial charge in [-0.3, -0.25) is 4.79 Å². The van der Waals surface area contributed by atoms with Crippen molar-refractivity contribution in [3.8, 4) is 0 Å². The van der Waals surface area contributed by atoms with Gasteiger partial charge in [0.05, 0.1) is 5.69 Å². The number of ketones is 1. The molecule has 0 heterocycles. The lowest BCUT2D eigenvalue weighted by Crippen LogP contribution is -2.28.